The molecule has 0 spiro atoms. The van der Waals surface area contributed by atoms with E-state index in [2.05, 4.69) is 4.98 Å². The minimum Gasteiger partial charge on any atom is -0.331 e. The fourth-order valence-electron chi connectivity index (χ4n) is 1.35. The summed E-state index contributed by atoms with van der Waals surface area (Å²) in [4.78, 5) is 3.48. The van der Waals surface area contributed by atoms with Gasteiger partial charge in [0.1, 0.15) is 5.82 Å². The van der Waals surface area contributed by atoms with E-state index in [1.54, 1.807) is 11.5 Å². The van der Waals surface area contributed by atoms with E-state index in [9.17, 15) is 13.2 Å². The molecule has 0 atom stereocenters. The van der Waals surface area contributed by atoms with Crippen molar-refractivity contribution in [1.82, 2.24) is 9.55 Å². The highest BCUT2D eigenvalue weighted by atomic mass is 19.4. The van der Waals surface area contributed by atoms with Crippen molar-refractivity contribution in [3.63, 3.8) is 0 Å². The molecule has 0 N–H and O–H groups in total. The van der Waals surface area contributed by atoms with Gasteiger partial charge < -0.3 is 4.57 Å². The van der Waals surface area contributed by atoms with Gasteiger partial charge in [0.15, 0.2) is 5.69 Å². The van der Waals surface area contributed by atoms with Crippen LogP contribution in [-0.4, -0.2) is 9.55 Å². The second-order valence-electron chi connectivity index (χ2n) is 3.31. The van der Waals surface area contributed by atoms with Crippen LogP contribution < -0.4 is 0 Å². The molecule has 2 nitrogen and oxygen atoms in total. The van der Waals surface area contributed by atoms with Crippen LogP contribution >= 0.6 is 0 Å². The maximum Gasteiger partial charge on any atom is 0.434 e. The molecule has 1 fully saturated rings. The van der Waals surface area contributed by atoms with Crippen LogP contribution in [0.15, 0.2) is 6.20 Å². The van der Waals surface area contributed by atoms with Gasteiger partial charge in [0.25, 0.3) is 0 Å². The molecule has 5 heteroatoms. The maximum atomic E-state index is 12.2. The molecule has 1 aliphatic carbocycles. The van der Waals surface area contributed by atoms with Crippen LogP contribution in [0.5, 0.6) is 0 Å². The molecule has 0 saturated heterocycles. The quantitative estimate of drug-likeness (QED) is 0.665. The molecule has 0 radical (unpaired) electrons. The summed E-state index contributed by atoms with van der Waals surface area (Å²) in [6, 6.07) is 0.253. The fourth-order valence-corrected chi connectivity index (χ4v) is 1.35. The van der Waals surface area contributed by atoms with Crippen molar-refractivity contribution in [2.45, 2.75) is 32.0 Å². The Balaban J connectivity index is 2.34. The fraction of sp³-hybridized carbons (Fsp3) is 0.625. The van der Waals surface area contributed by atoms with Crippen LogP contribution in [-0.2, 0) is 6.18 Å². The second-order valence-corrected chi connectivity index (χ2v) is 3.31. The van der Waals surface area contributed by atoms with E-state index < -0.39 is 11.9 Å². The average Bonchev–Trinajstić information content (AvgIpc) is 2.73. The number of rotatable bonds is 1. The largest absolute Gasteiger partial charge is 0.434 e. The highest BCUT2D eigenvalue weighted by molar-refractivity contribution is 5.09. The van der Waals surface area contributed by atoms with Crippen LogP contribution in [0.4, 0.5) is 13.2 Å². The van der Waals surface area contributed by atoms with Gasteiger partial charge in [0.05, 0.1) is 0 Å². The predicted octanol–water partition coefficient (Wildman–Crippen LogP) is 2.55. The Morgan fingerprint density at radius 3 is 2.46 bits per heavy atom. The third-order valence-corrected chi connectivity index (χ3v) is 2.15. The third-order valence-electron chi connectivity index (χ3n) is 2.15. The molecule has 1 heterocycles. The minimum atomic E-state index is -4.31. The molecule has 0 aliphatic heterocycles. The highest BCUT2D eigenvalue weighted by Gasteiger charge is 2.36. The molecule has 13 heavy (non-hydrogen) atoms. The summed E-state index contributed by atoms with van der Waals surface area (Å²) in [5, 5.41) is 0. The number of hydrogen-bond donors (Lipinski definition) is 0. The first-order chi connectivity index (χ1) is 5.98. The summed E-state index contributed by atoms with van der Waals surface area (Å²) in [5.41, 5.74) is -0.781. The Morgan fingerprint density at radius 2 is 2.08 bits per heavy atom. The lowest BCUT2D eigenvalue weighted by Crippen LogP contribution is -2.04. The molecular formula is C8H9F3N2. The molecule has 1 aromatic rings. The number of nitrogens with zero attached hydrogens (tertiary/aromatic N) is 2. The minimum absolute atomic E-state index is 0.253. The number of aromatic nitrogens is 2. The topological polar surface area (TPSA) is 17.8 Å². The van der Waals surface area contributed by atoms with Gasteiger partial charge >= 0.3 is 6.18 Å². The monoisotopic (exact) mass is 190 g/mol. The van der Waals surface area contributed by atoms with Gasteiger partial charge in [-0.25, -0.2) is 4.98 Å². The Bertz CT molecular complexity index is 323. The molecule has 1 saturated carbocycles. The summed E-state index contributed by atoms with van der Waals surface area (Å²) in [6.07, 6.45) is -1.28. The number of aryl methyl sites for hydroxylation is 1. The highest BCUT2D eigenvalue weighted by Crippen LogP contribution is 2.38. The van der Waals surface area contributed by atoms with Gasteiger partial charge in [-0.15, -0.1) is 0 Å². The number of imidazole rings is 1. The molecule has 1 aromatic heterocycles. The molecular weight excluding hydrogens is 181 g/mol. The van der Waals surface area contributed by atoms with Gasteiger partial charge in [-0.1, -0.05) is 0 Å². The van der Waals surface area contributed by atoms with Crippen LogP contribution in [0, 0.1) is 6.92 Å². The Kier molecular flexibility index (Phi) is 1.65. The summed E-state index contributed by atoms with van der Waals surface area (Å²) in [7, 11) is 0. The van der Waals surface area contributed by atoms with Crippen LogP contribution in [0.3, 0.4) is 0 Å². The summed E-state index contributed by atoms with van der Waals surface area (Å²) < 4.78 is 38.2. The molecule has 72 valence electrons. The smallest absolute Gasteiger partial charge is 0.331 e. The van der Waals surface area contributed by atoms with Crippen LogP contribution in [0.25, 0.3) is 0 Å². The number of alkyl halides is 3. The van der Waals surface area contributed by atoms with Gasteiger partial charge in [-0.2, -0.15) is 13.2 Å². The van der Waals surface area contributed by atoms with Crippen molar-refractivity contribution in [3.05, 3.63) is 17.7 Å². The summed E-state index contributed by atoms with van der Waals surface area (Å²) in [5.74, 6) is 0.454. The SMILES string of the molecule is Cc1nc(C(F)(F)F)cn1C1CC1. The molecule has 1 aliphatic rings. The zero-order valence-corrected chi connectivity index (χ0v) is 7.10. The molecule has 2 rings (SSSR count). The van der Waals surface area contributed by atoms with E-state index in [4.69, 9.17) is 0 Å². The maximum absolute atomic E-state index is 12.2. The predicted molar refractivity (Wildman–Crippen MR) is 40.2 cm³/mol. The van der Waals surface area contributed by atoms with Crippen LogP contribution in [0.1, 0.15) is 30.4 Å². The van der Waals surface area contributed by atoms with Crippen LogP contribution in [0.2, 0.25) is 0 Å². The van der Waals surface area contributed by atoms with Gasteiger partial charge in [0, 0.05) is 12.2 Å². The first-order valence-corrected chi connectivity index (χ1v) is 4.11. The Labute approximate surface area is 73.4 Å². The Hall–Kier alpha value is -1.00. The van der Waals surface area contributed by atoms with Gasteiger partial charge in [0.2, 0.25) is 0 Å². The van der Waals surface area contributed by atoms with Crippen molar-refractivity contribution >= 4 is 0 Å². The van der Waals surface area contributed by atoms with Gasteiger partial charge in [-0.3, -0.25) is 0 Å². The van der Waals surface area contributed by atoms with Crippen molar-refractivity contribution in [3.8, 4) is 0 Å². The van der Waals surface area contributed by atoms with Crippen molar-refractivity contribution in [2.75, 3.05) is 0 Å². The Morgan fingerprint density at radius 1 is 1.46 bits per heavy atom. The van der Waals surface area contributed by atoms with E-state index in [1.807, 2.05) is 0 Å². The second kappa shape index (κ2) is 2.49. The van der Waals surface area contributed by atoms with E-state index in [-0.39, 0.29) is 6.04 Å². The van der Waals surface area contributed by atoms with Gasteiger partial charge in [-0.05, 0) is 19.8 Å². The van der Waals surface area contributed by atoms with E-state index in [1.165, 1.54) is 0 Å². The van der Waals surface area contributed by atoms with E-state index in [0.29, 0.717) is 5.82 Å². The zero-order valence-electron chi connectivity index (χ0n) is 7.10. The van der Waals surface area contributed by atoms with Crippen molar-refractivity contribution < 1.29 is 13.2 Å². The van der Waals surface area contributed by atoms with Crippen molar-refractivity contribution in [2.24, 2.45) is 0 Å². The normalized spacial score (nSPS) is 17.8. The third kappa shape index (κ3) is 1.55. The lowest BCUT2D eigenvalue weighted by Gasteiger charge is -2.00. The lowest BCUT2D eigenvalue weighted by atomic mass is 10.5. The first-order valence-electron chi connectivity index (χ1n) is 4.11. The first kappa shape index (κ1) is 8.59. The molecule has 0 aromatic carbocycles. The zero-order chi connectivity index (χ0) is 9.64. The number of hydrogen-bond acceptors (Lipinski definition) is 1. The van der Waals surface area contributed by atoms with E-state index in [0.717, 1.165) is 19.0 Å². The van der Waals surface area contributed by atoms with Crippen molar-refractivity contribution in [1.29, 1.82) is 0 Å². The summed E-state index contributed by atoms with van der Waals surface area (Å²) >= 11 is 0. The number of halogens is 3. The molecule has 0 amide bonds. The standard InChI is InChI=1S/C8H9F3N2/c1-5-12-7(8(9,10)11)4-13(5)6-2-3-6/h4,6H,2-3H2,1H3. The lowest BCUT2D eigenvalue weighted by molar-refractivity contribution is -0.141. The average molecular weight is 190 g/mol. The summed E-state index contributed by atoms with van der Waals surface area (Å²) in [6.45, 7) is 1.60. The molecule has 0 bridgehead atoms. The molecule has 0 unspecified atom stereocenters. The van der Waals surface area contributed by atoms with E-state index >= 15 is 0 Å².